The topological polar surface area (TPSA) is 73.9 Å². The molecule has 2 heterocycles. The van der Waals surface area contributed by atoms with E-state index in [1.807, 2.05) is 37.3 Å². The van der Waals surface area contributed by atoms with Gasteiger partial charge in [-0.2, -0.15) is 9.97 Å². The summed E-state index contributed by atoms with van der Waals surface area (Å²) < 4.78 is 24.3. The molecule has 0 N–H and O–H groups in total. The smallest absolute Gasteiger partial charge is 0.264 e. The summed E-state index contributed by atoms with van der Waals surface area (Å²) in [5.41, 5.74) is 2.32. The molecule has 7 heteroatoms. The van der Waals surface area contributed by atoms with Gasteiger partial charge in [0.15, 0.2) is 12.4 Å². The number of benzene rings is 2. The van der Waals surface area contributed by atoms with Crippen LogP contribution in [0.3, 0.4) is 0 Å². The van der Waals surface area contributed by atoms with Gasteiger partial charge in [-0.05, 0) is 18.6 Å². The molecule has 0 atom stereocenters. The maximum Gasteiger partial charge on any atom is 0.264 e. The largest absolute Gasteiger partial charge is 0.467 e. The molecular formula is C21H17FN4O2. The third-order valence-corrected chi connectivity index (χ3v) is 4.04. The highest BCUT2D eigenvalue weighted by molar-refractivity contribution is 5.55. The molecule has 0 aliphatic carbocycles. The van der Waals surface area contributed by atoms with Crippen molar-refractivity contribution in [3.05, 3.63) is 78.1 Å². The Hall–Kier alpha value is -3.61. The van der Waals surface area contributed by atoms with E-state index in [1.54, 1.807) is 18.2 Å². The van der Waals surface area contributed by atoms with E-state index in [0.717, 1.165) is 17.7 Å². The summed E-state index contributed by atoms with van der Waals surface area (Å²) in [5, 5.41) is 3.87. The van der Waals surface area contributed by atoms with E-state index >= 15 is 0 Å². The average molecular weight is 376 g/mol. The zero-order chi connectivity index (χ0) is 19.3. The zero-order valence-corrected chi connectivity index (χ0v) is 15.2. The first kappa shape index (κ1) is 17.8. The lowest BCUT2D eigenvalue weighted by Crippen LogP contribution is -2.02. The highest BCUT2D eigenvalue weighted by atomic mass is 19.1. The van der Waals surface area contributed by atoms with E-state index in [4.69, 9.17) is 9.26 Å². The van der Waals surface area contributed by atoms with E-state index in [2.05, 4.69) is 20.1 Å². The van der Waals surface area contributed by atoms with Crippen molar-refractivity contribution in [2.75, 3.05) is 0 Å². The Morgan fingerprint density at radius 1 is 0.893 bits per heavy atom. The average Bonchev–Trinajstić information content (AvgIpc) is 3.22. The highest BCUT2D eigenvalue weighted by Crippen LogP contribution is 2.21. The van der Waals surface area contributed by atoms with Gasteiger partial charge in [0, 0.05) is 22.9 Å². The van der Waals surface area contributed by atoms with Crippen LogP contribution in [0.2, 0.25) is 0 Å². The fourth-order valence-electron chi connectivity index (χ4n) is 2.64. The minimum absolute atomic E-state index is 0.0523. The predicted molar refractivity (Wildman–Crippen MR) is 101 cm³/mol. The number of halogens is 1. The van der Waals surface area contributed by atoms with Crippen LogP contribution in [0.15, 0.2) is 65.2 Å². The molecule has 6 nitrogen and oxygen atoms in total. The van der Waals surface area contributed by atoms with Crippen molar-refractivity contribution in [3.8, 4) is 28.7 Å². The summed E-state index contributed by atoms with van der Waals surface area (Å²) in [6.07, 6.45) is 0.753. The van der Waals surface area contributed by atoms with E-state index in [9.17, 15) is 4.39 Å². The Morgan fingerprint density at radius 3 is 2.50 bits per heavy atom. The molecule has 0 aliphatic heterocycles. The second-order valence-electron chi connectivity index (χ2n) is 6.05. The van der Waals surface area contributed by atoms with Gasteiger partial charge in [0.1, 0.15) is 5.82 Å². The molecule has 0 bridgehead atoms. The second kappa shape index (κ2) is 7.96. The number of ether oxygens (including phenoxy) is 1. The van der Waals surface area contributed by atoms with Crippen molar-refractivity contribution in [1.82, 2.24) is 20.1 Å². The molecule has 0 amide bonds. The lowest BCUT2D eigenvalue weighted by atomic mass is 10.2. The van der Waals surface area contributed by atoms with Crippen molar-refractivity contribution in [2.24, 2.45) is 0 Å². The van der Waals surface area contributed by atoms with Crippen molar-refractivity contribution in [1.29, 1.82) is 0 Å². The van der Waals surface area contributed by atoms with Crippen LogP contribution in [0.1, 0.15) is 18.5 Å². The fraction of sp³-hybridized carbons (Fsp3) is 0.143. The fourth-order valence-corrected chi connectivity index (χ4v) is 2.64. The van der Waals surface area contributed by atoms with Gasteiger partial charge in [-0.15, -0.1) is 0 Å². The molecule has 0 fully saturated rings. The Labute approximate surface area is 161 Å². The van der Waals surface area contributed by atoms with E-state index < -0.39 is 0 Å². The molecular weight excluding hydrogens is 359 g/mol. The summed E-state index contributed by atoms with van der Waals surface area (Å²) in [4.78, 5) is 13.3. The van der Waals surface area contributed by atoms with E-state index in [1.165, 1.54) is 12.1 Å². The van der Waals surface area contributed by atoms with Crippen LogP contribution < -0.4 is 4.74 Å². The van der Waals surface area contributed by atoms with Gasteiger partial charge in [0.2, 0.25) is 11.7 Å². The number of hydrogen-bond acceptors (Lipinski definition) is 6. The van der Waals surface area contributed by atoms with Gasteiger partial charge in [-0.3, -0.25) is 0 Å². The number of rotatable bonds is 6. The van der Waals surface area contributed by atoms with Crippen molar-refractivity contribution in [3.63, 3.8) is 0 Å². The molecule has 0 aliphatic rings. The Balaban J connectivity index is 1.52. The van der Waals surface area contributed by atoms with Gasteiger partial charge in [0.05, 0.1) is 0 Å². The van der Waals surface area contributed by atoms with Crippen LogP contribution in [0, 0.1) is 5.82 Å². The second-order valence-corrected chi connectivity index (χ2v) is 6.05. The SMILES string of the molecule is CCc1cc(OCc2nc(-c3cccc(F)c3)no2)nc(-c2ccccc2)n1. The molecule has 2 aromatic carbocycles. The van der Waals surface area contributed by atoms with Crippen LogP contribution in [0.5, 0.6) is 5.88 Å². The van der Waals surface area contributed by atoms with Crippen LogP contribution in [0.25, 0.3) is 22.8 Å². The van der Waals surface area contributed by atoms with E-state index in [0.29, 0.717) is 23.1 Å². The normalized spacial score (nSPS) is 10.8. The molecule has 28 heavy (non-hydrogen) atoms. The highest BCUT2D eigenvalue weighted by Gasteiger charge is 2.12. The molecule has 4 rings (SSSR count). The zero-order valence-electron chi connectivity index (χ0n) is 15.2. The first-order valence-electron chi connectivity index (χ1n) is 8.86. The van der Waals surface area contributed by atoms with Crippen molar-refractivity contribution in [2.45, 2.75) is 20.0 Å². The first-order valence-corrected chi connectivity index (χ1v) is 8.86. The molecule has 2 aromatic heterocycles. The number of aryl methyl sites for hydroxylation is 1. The third kappa shape index (κ3) is 4.03. The molecule has 0 radical (unpaired) electrons. The summed E-state index contributed by atoms with van der Waals surface area (Å²) in [6.45, 7) is 2.07. The molecule has 0 saturated heterocycles. The van der Waals surface area contributed by atoms with Gasteiger partial charge in [0.25, 0.3) is 5.89 Å². The Morgan fingerprint density at radius 2 is 1.71 bits per heavy atom. The molecule has 0 spiro atoms. The summed E-state index contributed by atoms with van der Waals surface area (Å²) in [7, 11) is 0. The van der Waals surface area contributed by atoms with Crippen molar-refractivity contribution >= 4 is 0 Å². The summed E-state index contributed by atoms with van der Waals surface area (Å²) in [6, 6.07) is 17.5. The maximum absolute atomic E-state index is 13.4. The molecule has 0 unspecified atom stereocenters. The summed E-state index contributed by atoms with van der Waals surface area (Å²) in [5.74, 6) is 1.25. The first-order chi connectivity index (χ1) is 13.7. The quantitative estimate of drug-likeness (QED) is 0.494. The standard InChI is InChI=1S/C21H17FN4O2/c1-2-17-12-18(24-20(23-17)14-7-4-3-5-8-14)27-13-19-25-21(26-28-19)15-9-6-10-16(22)11-15/h3-12H,2,13H2,1H3. The minimum atomic E-state index is -0.360. The molecule has 0 saturated carbocycles. The van der Waals surface area contributed by atoms with Gasteiger partial charge in [-0.25, -0.2) is 9.37 Å². The monoisotopic (exact) mass is 376 g/mol. The predicted octanol–water partition coefficient (Wildman–Crippen LogP) is 4.47. The lowest BCUT2D eigenvalue weighted by molar-refractivity contribution is 0.235. The van der Waals surface area contributed by atoms with Crippen LogP contribution in [-0.4, -0.2) is 20.1 Å². The number of nitrogens with zero attached hydrogens (tertiary/aromatic N) is 4. The van der Waals surface area contributed by atoms with E-state index in [-0.39, 0.29) is 18.3 Å². The van der Waals surface area contributed by atoms with Crippen molar-refractivity contribution < 1.29 is 13.7 Å². The van der Waals surface area contributed by atoms with Gasteiger partial charge >= 0.3 is 0 Å². The number of aromatic nitrogens is 4. The van der Waals surface area contributed by atoms with Crippen LogP contribution >= 0.6 is 0 Å². The van der Waals surface area contributed by atoms with Gasteiger partial charge < -0.3 is 9.26 Å². The molecule has 4 aromatic rings. The number of hydrogen-bond donors (Lipinski definition) is 0. The maximum atomic E-state index is 13.4. The minimum Gasteiger partial charge on any atom is -0.467 e. The Kier molecular flexibility index (Phi) is 5.05. The molecule has 140 valence electrons. The van der Waals surface area contributed by atoms with Crippen LogP contribution in [-0.2, 0) is 13.0 Å². The Bertz CT molecular complexity index is 1080. The lowest BCUT2D eigenvalue weighted by Gasteiger charge is -2.07. The third-order valence-electron chi connectivity index (χ3n) is 4.04. The van der Waals surface area contributed by atoms with Crippen LogP contribution in [0.4, 0.5) is 4.39 Å². The van der Waals surface area contributed by atoms with Gasteiger partial charge in [-0.1, -0.05) is 54.5 Å². The summed E-state index contributed by atoms with van der Waals surface area (Å²) >= 11 is 0.